The first-order valence-corrected chi connectivity index (χ1v) is 6.78. The summed E-state index contributed by atoms with van der Waals surface area (Å²) in [5, 5.41) is 4.34. The number of halogens is 1. The number of nitrogens with zero attached hydrogens (tertiary/aromatic N) is 2. The Hall–Kier alpha value is -2.46. The molecule has 0 bridgehead atoms. The van der Waals surface area contributed by atoms with Gasteiger partial charge in [0, 0.05) is 6.20 Å². The largest absolute Gasteiger partial charge is 0.319 e. The van der Waals surface area contributed by atoms with E-state index in [4.69, 9.17) is 5.73 Å². The number of para-hydroxylation sites is 1. The predicted molar refractivity (Wildman–Crippen MR) is 80.7 cm³/mol. The van der Waals surface area contributed by atoms with Crippen LogP contribution in [-0.2, 0) is 0 Å². The third kappa shape index (κ3) is 2.58. The van der Waals surface area contributed by atoms with Crippen molar-refractivity contribution in [2.45, 2.75) is 13.0 Å². The van der Waals surface area contributed by atoms with Gasteiger partial charge in [0.2, 0.25) is 0 Å². The van der Waals surface area contributed by atoms with Gasteiger partial charge in [0.05, 0.1) is 17.4 Å². The number of rotatable bonds is 3. The molecule has 2 N–H and O–H groups in total. The SMILES string of the molecule is Cc1cc(F)ccc1C(N)c1ccnn1-c1ccccc1. The highest BCUT2D eigenvalue weighted by Crippen LogP contribution is 2.24. The van der Waals surface area contributed by atoms with Crippen LogP contribution in [0.3, 0.4) is 0 Å². The summed E-state index contributed by atoms with van der Waals surface area (Å²) >= 11 is 0. The van der Waals surface area contributed by atoms with Crippen LogP contribution in [0.25, 0.3) is 5.69 Å². The molecule has 0 amide bonds. The number of aromatic nitrogens is 2. The fourth-order valence-electron chi connectivity index (χ4n) is 2.48. The Balaban J connectivity index is 2.03. The molecule has 4 heteroatoms. The summed E-state index contributed by atoms with van der Waals surface area (Å²) in [5.41, 5.74) is 9.92. The van der Waals surface area contributed by atoms with E-state index >= 15 is 0 Å². The molecule has 0 fully saturated rings. The molecule has 3 nitrogen and oxygen atoms in total. The first-order valence-electron chi connectivity index (χ1n) is 6.78. The Morgan fingerprint density at radius 3 is 2.57 bits per heavy atom. The van der Waals surface area contributed by atoms with Gasteiger partial charge in [-0.3, -0.25) is 0 Å². The Kier molecular flexibility index (Phi) is 3.54. The van der Waals surface area contributed by atoms with E-state index in [1.165, 1.54) is 12.1 Å². The zero-order valence-corrected chi connectivity index (χ0v) is 11.7. The molecule has 2 aromatic carbocycles. The number of hydrogen-bond donors (Lipinski definition) is 1. The van der Waals surface area contributed by atoms with Crippen LogP contribution in [-0.4, -0.2) is 9.78 Å². The minimum absolute atomic E-state index is 0.250. The zero-order chi connectivity index (χ0) is 14.8. The summed E-state index contributed by atoms with van der Waals surface area (Å²) in [5.74, 6) is -0.250. The van der Waals surface area contributed by atoms with Gasteiger partial charge in [0.25, 0.3) is 0 Å². The number of aryl methyl sites for hydroxylation is 1. The van der Waals surface area contributed by atoms with Crippen molar-refractivity contribution in [3.8, 4) is 5.69 Å². The standard InChI is InChI=1S/C17H16FN3/c1-12-11-13(18)7-8-15(12)17(19)16-9-10-20-21(16)14-5-3-2-4-6-14/h2-11,17H,19H2,1H3. The average molecular weight is 281 g/mol. The molecule has 21 heavy (non-hydrogen) atoms. The molecular formula is C17H16FN3. The van der Waals surface area contributed by atoms with Crippen LogP contribution in [0.2, 0.25) is 0 Å². The van der Waals surface area contributed by atoms with E-state index in [1.807, 2.05) is 48.0 Å². The quantitative estimate of drug-likeness (QED) is 0.800. The maximum absolute atomic E-state index is 13.2. The number of hydrogen-bond acceptors (Lipinski definition) is 2. The van der Waals surface area contributed by atoms with E-state index in [0.717, 1.165) is 22.5 Å². The smallest absolute Gasteiger partial charge is 0.123 e. The van der Waals surface area contributed by atoms with Crippen molar-refractivity contribution in [2.75, 3.05) is 0 Å². The lowest BCUT2D eigenvalue weighted by Gasteiger charge is -2.17. The summed E-state index contributed by atoms with van der Waals surface area (Å²) in [6.07, 6.45) is 1.72. The van der Waals surface area contributed by atoms with Gasteiger partial charge in [-0.05, 0) is 48.4 Å². The van der Waals surface area contributed by atoms with Crippen molar-refractivity contribution in [1.82, 2.24) is 9.78 Å². The van der Waals surface area contributed by atoms with Gasteiger partial charge in [0.15, 0.2) is 0 Å². The van der Waals surface area contributed by atoms with Gasteiger partial charge >= 0.3 is 0 Å². The van der Waals surface area contributed by atoms with E-state index in [0.29, 0.717) is 0 Å². The van der Waals surface area contributed by atoms with E-state index in [2.05, 4.69) is 5.10 Å². The molecule has 1 unspecified atom stereocenters. The Morgan fingerprint density at radius 2 is 1.86 bits per heavy atom. The monoisotopic (exact) mass is 281 g/mol. The Bertz CT molecular complexity index is 750. The average Bonchev–Trinajstić information content (AvgIpc) is 2.97. The molecule has 0 radical (unpaired) electrons. The topological polar surface area (TPSA) is 43.8 Å². The summed E-state index contributed by atoms with van der Waals surface area (Å²) in [7, 11) is 0. The van der Waals surface area contributed by atoms with Crippen LogP contribution in [0.5, 0.6) is 0 Å². The molecule has 106 valence electrons. The molecular weight excluding hydrogens is 265 g/mol. The summed E-state index contributed by atoms with van der Waals surface area (Å²) < 4.78 is 15.1. The Labute approximate surface area is 122 Å². The molecule has 1 heterocycles. The minimum atomic E-state index is -0.353. The van der Waals surface area contributed by atoms with E-state index in [-0.39, 0.29) is 11.9 Å². The second kappa shape index (κ2) is 5.50. The lowest BCUT2D eigenvalue weighted by Crippen LogP contribution is -2.17. The van der Waals surface area contributed by atoms with Crippen molar-refractivity contribution < 1.29 is 4.39 Å². The van der Waals surface area contributed by atoms with Gasteiger partial charge in [-0.15, -0.1) is 0 Å². The lowest BCUT2D eigenvalue weighted by atomic mass is 9.99. The summed E-state index contributed by atoms with van der Waals surface area (Å²) in [6, 6.07) is 16.0. The number of benzene rings is 2. The molecule has 0 aliphatic rings. The molecule has 0 saturated carbocycles. The summed E-state index contributed by atoms with van der Waals surface area (Å²) in [6.45, 7) is 1.86. The second-order valence-electron chi connectivity index (χ2n) is 4.98. The van der Waals surface area contributed by atoms with Crippen LogP contribution in [0.1, 0.15) is 22.9 Å². The van der Waals surface area contributed by atoms with Crippen molar-refractivity contribution >= 4 is 0 Å². The van der Waals surface area contributed by atoms with Crippen LogP contribution < -0.4 is 5.73 Å². The van der Waals surface area contributed by atoms with Crippen molar-refractivity contribution in [2.24, 2.45) is 5.73 Å². The van der Waals surface area contributed by atoms with Crippen LogP contribution in [0.15, 0.2) is 60.8 Å². The Morgan fingerprint density at radius 1 is 1.10 bits per heavy atom. The highest BCUT2D eigenvalue weighted by molar-refractivity contribution is 5.38. The first-order chi connectivity index (χ1) is 10.2. The molecule has 0 aliphatic heterocycles. The fraction of sp³-hybridized carbons (Fsp3) is 0.118. The van der Waals surface area contributed by atoms with Gasteiger partial charge in [-0.25, -0.2) is 9.07 Å². The van der Waals surface area contributed by atoms with Crippen molar-refractivity contribution in [3.63, 3.8) is 0 Å². The first kappa shape index (κ1) is 13.5. The van der Waals surface area contributed by atoms with Gasteiger partial charge in [-0.1, -0.05) is 24.3 Å². The molecule has 0 aliphatic carbocycles. The van der Waals surface area contributed by atoms with Gasteiger partial charge < -0.3 is 5.73 Å². The van der Waals surface area contributed by atoms with Crippen molar-refractivity contribution in [3.05, 3.63) is 83.4 Å². The predicted octanol–water partition coefficient (Wildman–Crippen LogP) is 3.37. The highest BCUT2D eigenvalue weighted by atomic mass is 19.1. The van der Waals surface area contributed by atoms with Crippen LogP contribution in [0.4, 0.5) is 4.39 Å². The third-order valence-electron chi connectivity index (χ3n) is 3.56. The molecule has 3 rings (SSSR count). The van der Waals surface area contributed by atoms with E-state index < -0.39 is 0 Å². The zero-order valence-electron chi connectivity index (χ0n) is 11.7. The molecule has 0 spiro atoms. The normalized spacial score (nSPS) is 12.3. The lowest BCUT2D eigenvalue weighted by molar-refractivity contribution is 0.624. The molecule has 3 aromatic rings. The van der Waals surface area contributed by atoms with Gasteiger partial charge in [0.1, 0.15) is 5.82 Å². The fourth-order valence-corrected chi connectivity index (χ4v) is 2.48. The number of nitrogens with two attached hydrogens (primary N) is 1. The van der Waals surface area contributed by atoms with E-state index in [1.54, 1.807) is 12.3 Å². The van der Waals surface area contributed by atoms with Crippen LogP contribution >= 0.6 is 0 Å². The maximum Gasteiger partial charge on any atom is 0.123 e. The maximum atomic E-state index is 13.2. The van der Waals surface area contributed by atoms with Crippen molar-refractivity contribution in [1.29, 1.82) is 0 Å². The second-order valence-corrected chi connectivity index (χ2v) is 4.98. The van der Waals surface area contributed by atoms with Crippen LogP contribution in [0, 0.1) is 12.7 Å². The summed E-state index contributed by atoms with van der Waals surface area (Å²) in [4.78, 5) is 0. The van der Waals surface area contributed by atoms with Gasteiger partial charge in [-0.2, -0.15) is 5.10 Å². The third-order valence-corrected chi connectivity index (χ3v) is 3.56. The molecule has 0 saturated heterocycles. The van der Waals surface area contributed by atoms with E-state index in [9.17, 15) is 4.39 Å². The minimum Gasteiger partial charge on any atom is -0.319 e. The molecule has 1 atom stereocenters. The molecule has 1 aromatic heterocycles. The highest BCUT2D eigenvalue weighted by Gasteiger charge is 2.17.